The topological polar surface area (TPSA) is 34.9 Å². The van der Waals surface area contributed by atoms with Crippen molar-refractivity contribution >= 4 is 12.6 Å². The second kappa shape index (κ2) is 4.46. The molecule has 0 aliphatic heterocycles. The van der Waals surface area contributed by atoms with Crippen LogP contribution in [0.2, 0.25) is 0 Å². The lowest BCUT2D eigenvalue weighted by molar-refractivity contribution is 0.466. The predicted octanol–water partition coefficient (Wildman–Crippen LogP) is 1.12. The molecular weight excluding hydrogens is 184 g/mol. The molecule has 0 aliphatic rings. The van der Waals surface area contributed by atoms with Crippen LogP contribution in [0.4, 0.5) is 0 Å². The highest BCUT2D eigenvalue weighted by Gasteiger charge is 2.03. The molecular formula is C9H14N2OS. The molecule has 0 N–H and O–H groups in total. The maximum absolute atomic E-state index is 11.3. The van der Waals surface area contributed by atoms with Gasteiger partial charge in [0.05, 0.1) is 5.69 Å². The van der Waals surface area contributed by atoms with Crippen LogP contribution in [0.15, 0.2) is 16.9 Å². The van der Waals surface area contributed by atoms with Crippen LogP contribution < -0.4 is 5.56 Å². The van der Waals surface area contributed by atoms with Crippen molar-refractivity contribution in [2.75, 3.05) is 5.75 Å². The highest BCUT2D eigenvalue weighted by Crippen LogP contribution is 1.99. The third kappa shape index (κ3) is 2.88. The van der Waals surface area contributed by atoms with Crippen LogP contribution in [0, 0.1) is 12.8 Å². The minimum atomic E-state index is -0.0424. The van der Waals surface area contributed by atoms with Crippen molar-refractivity contribution < 1.29 is 0 Å². The molecule has 0 spiro atoms. The van der Waals surface area contributed by atoms with Gasteiger partial charge in [-0.1, -0.05) is 6.92 Å². The maximum atomic E-state index is 11.3. The number of hydrogen-bond donors (Lipinski definition) is 1. The van der Waals surface area contributed by atoms with E-state index >= 15 is 0 Å². The third-order valence-corrected chi connectivity index (χ3v) is 2.42. The molecule has 1 aromatic heterocycles. The molecule has 1 rings (SSSR count). The maximum Gasteiger partial charge on any atom is 0.266 e. The summed E-state index contributed by atoms with van der Waals surface area (Å²) >= 11 is 4.16. The molecule has 1 heterocycles. The normalized spacial score (nSPS) is 12.8. The number of hydrogen-bond acceptors (Lipinski definition) is 3. The first-order chi connectivity index (χ1) is 6.13. The molecule has 1 atom stereocenters. The highest BCUT2D eigenvalue weighted by atomic mass is 32.1. The second-order valence-corrected chi connectivity index (χ2v) is 3.65. The van der Waals surface area contributed by atoms with Crippen molar-refractivity contribution in [2.45, 2.75) is 20.4 Å². The molecule has 1 aromatic rings. The van der Waals surface area contributed by atoms with Gasteiger partial charge in [0.2, 0.25) is 0 Å². The number of thiol groups is 1. The van der Waals surface area contributed by atoms with E-state index in [1.165, 1.54) is 4.68 Å². The van der Waals surface area contributed by atoms with Gasteiger partial charge in [-0.05, 0) is 24.7 Å². The van der Waals surface area contributed by atoms with Crippen molar-refractivity contribution in [1.29, 1.82) is 0 Å². The van der Waals surface area contributed by atoms with Crippen LogP contribution in [-0.4, -0.2) is 15.5 Å². The molecule has 0 amide bonds. The minimum Gasteiger partial charge on any atom is -0.268 e. The van der Waals surface area contributed by atoms with E-state index in [1.54, 1.807) is 12.1 Å². The smallest absolute Gasteiger partial charge is 0.266 e. The number of aryl methyl sites for hydroxylation is 1. The molecule has 72 valence electrons. The Morgan fingerprint density at radius 1 is 1.62 bits per heavy atom. The summed E-state index contributed by atoms with van der Waals surface area (Å²) in [6, 6.07) is 3.28. The lowest BCUT2D eigenvalue weighted by Crippen LogP contribution is -2.25. The van der Waals surface area contributed by atoms with E-state index in [2.05, 4.69) is 17.7 Å². The lowest BCUT2D eigenvalue weighted by atomic mass is 10.2. The SMILES string of the molecule is Cc1ccc(=O)n(CC(C)CS)n1. The Kier molecular flexibility index (Phi) is 3.54. The van der Waals surface area contributed by atoms with Gasteiger partial charge >= 0.3 is 0 Å². The van der Waals surface area contributed by atoms with Crippen molar-refractivity contribution in [3.8, 4) is 0 Å². The van der Waals surface area contributed by atoms with Crippen LogP contribution in [-0.2, 0) is 6.54 Å². The quantitative estimate of drug-likeness (QED) is 0.739. The zero-order valence-corrected chi connectivity index (χ0v) is 8.79. The van der Waals surface area contributed by atoms with Crippen LogP contribution in [0.3, 0.4) is 0 Å². The largest absolute Gasteiger partial charge is 0.268 e. The first kappa shape index (κ1) is 10.3. The zero-order valence-electron chi connectivity index (χ0n) is 7.90. The van der Waals surface area contributed by atoms with Crippen LogP contribution >= 0.6 is 12.6 Å². The molecule has 0 fully saturated rings. The van der Waals surface area contributed by atoms with Gasteiger partial charge in [-0.3, -0.25) is 4.79 Å². The molecule has 3 nitrogen and oxygen atoms in total. The summed E-state index contributed by atoms with van der Waals surface area (Å²) in [7, 11) is 0. The molecule has 0 saturated heterocycles. The van der Waals surface area contributed by atoms with Crippen LogP contribution in [0.1, 0.15) is 12.6 Å². The van der Waals surface area contributed by atoms with E-state index < -0.39 is 0 Å². The van der Waals surface area contributed by atoms with E-state index in [0.717, 1.165) is 11.4 Å². The third-order valence-electron chi connectivity index (χ3n) is 1.80. The van der Waals surface area contributed by atoms with Gasteiger partial charge in [0.15, 0.2) is 0 Å². The predicted molar refractivity (Wildman–Crippen MR) is 56.3 cm³/mol. The fourth-order valence-electron chi connectivity index (χ4n) is 1.03. The highest BCUT2D eigenvalue weighted by molar-refractivity contribution is 7.80. The summed E-state index contributed by atoms with van der Waals surface area (Å²) in [6.07, 6.45) is 0. The Hall–Kier alpha value is -0.770. The van der Waals surface area contributed by atoms with E-state index in [0.29, 0.717) is 12.5 Å². The Morgan fingerprint density at radius 3 is 2.92 bits per heavy atom. The van der Waals surface area contributed by atoms with E-state index in [4.69, 9.17) is 0 Å². The summed E-state index contributed by atoms with van der Waals surface area (Å²) in [5, 5.41) is 4.13. The van der Waals surface area contributed by atoms with Crippen molar-refractivity contribution in [2.24, 2.45) is 5.92 Å². The first-order valence-electron chi connectivity index (χ1n) is 4.29. The minimum absolute atomic E-state index is 0.0424. The van der Waals surface area contributed by atoms with Gasteiger partial charge < -0.3 is 0 Å². The van der Waals surface area contributed by atoms with Gasteiger partial charge in [-0.2, -0.15) is 17.7 Å². The molecule has 0 saturated carbocycles. The van der Waals surface area contributed by atoms with Crippen LogP contribution in [0.5, 0.6) is 0 Å². The number of nitrogens with zero attached hydrogens (tertiary/aromatic N) is 2. The number of rotatable bonds is 3. The van der Waals surface area contributed by atoms with E-state index in [9.17, 15) is 4.79 Å². The summed E-state index contributed by atoms with van der Waals surface area (Å²) in [5.41, 5.74) is 0.824. The Labute approximate surface area is 83.2 Å². The molecule has 0 bridgehead atoms. The Morgan fingerprint density at radius 2 is 2.31 bits per heavy atom. The average molecular weight is 198 g/mol. The van der Waals surface area contributed by atoms with Crippen LogP contribution in [0.25, 0.3) is 0 Å². The Balaban J connectivity index is 2.87. The molecule has 4 heteroatoms. The lowest BCUT2D eigenvalue weighted by Gasteiger charge is -2.09. The second-order valence-electron chi connectivity index (χ2n) is 3.28. The summed E-state index contributed by atoms with van der Waals surface area (Å²) in [4.78, 5) is 11.3. The number of aromatic nitrogens is 2. The Bertz CT molecular complexity index is 335. The average Bonchev–Trinajstić information content (AvgIpc) is 2.11. The van der Waals surface area contributed by atoms with Gasteiger partial charge in [0, 0.05) is 12.6 Å². The van der Waals surface area contributed by atoms with E-state index in [1.807, 2.05) is 13.8 Å². The summed E-state index contributed by atoms with van der Waals surface area (Å²) in [6.45, 7) is 4.56. The zero-order chi connectivity index (χ0) is 9.84. The summed E-state index contributed by atoms with van der Waals surface area (Å²) < 4.78 is 1.50. The molecule has 0 radical (unpaired) electrons. The molecule has 13 heavy (non-hydrogen) atoms. The van der Waals surface area contributed by atoms with Crippen molar-refractivity contribution in [3.63, 3.8) is 0 Å². The van der Waals surface area contributed by atoms with Crippen molar-refractivity contribution in [1.82, 2.24) is 9.78 Å². The molecule has 0 aromatic carbocycles. The fraction of sp³-hybridized carbons (Fsp3) is 0.556. The molecule has 0 aliphatic carbocycles. The fourth-order valence-corrected chi connectivity index (χ4v) is 1.15. The van der Waals surface area contributed by atoms with Gasteiger partial charge in [0.25, 0.3) is 5.56 Å². The van der Waals surface area contributed by atoms with Gasteiger partial charge in [-0.15, -0.1) is 0 Å². The van der Waals surface area contributed by atoms with Gasteiger partial charge in [0.1, 0.15) is 0 Å². The molecule has 1 unspecified atom stereocenters. The van der Waals surface area contributed by atoms with Gasteiger partial charge in [-0.25, -0.2) is 4.68 Å². The van der Waals surface area contributed by atoms with E-state index in [-0.39, 0.29) is 5.56 Å². The monoisotopic (exact) mass is 198 g/mol. The summed E-state index contributed by atoms with van der Waals surface area (Å²) in [5.74, 6) is 1.14. The first-order valence-corrected chi connectivity index (χ1v) is 4.92. The standard InChI is InChI=1S/C9H14N2OS/c1-7(6-13)5-11-9(12)4-3-8(2)10-11/h3-4,7,13H,5-6H2,1-2H3. The van der Waals surface area contributed by atoms with Crippen molar-refractivity contribution in [3.05, 3.63) is 28.2 Å².